The molecule has 0 atom stereocenters. The summed E-state index contributed by atoms with van der Waals surface area (Å²) < 4.78 is 0. The van der Waals surface area contributed by atoms with Gasteiger partial charge in [-0.15, -0.1) is 0 Å². The Morgan fingerprint density at radius 2 is 1.47 bits per heavy atom. The van der Waals surface area contributed by atoms with Crippen molar-refractivity contribution in [3.05, 3.63) is 40.2 Å². The first-order chi connectivity index (χ1) is 6.97. The fourth-order valence-corrected chi connectivity index (χ4v) is 1.86. The molecule has 0 amide bonds. The van der Waals surface area contributed by atoms with Crippen LogP contribution in [0.3, 0.4) is 0 Å². The molecule has 15 heavy (non-hydrogen) atoms. The fraction of sp³-hybridized carbons (Fsp3) is 0.500. The Hall–Kier alpha value is -1.29. The minimum atomic E-state index is 0.489. The van der Waals surface area contributed by atoms with E-state index in [2.05, 4.69) is 44.7 Å². The lowest BCUT2D eigenvalue weighted by Gasteiger charge is -2.17. The summed E-state index contributed by atoms with van der Waals surface area (Å²) in [6, 6.07) is 4.23. The fourth-order valence-electron chi connectivity index (χ4n) is 1.86. The summed E-state index contributed by atoms with van der Waals surface area (Å²) in [7, 11) is 0. The quantitative estimate of drug-likeness (QED) is 0.606. The van der Waals surface area contributed by atoms with Crippen LogP contribution in [0.25, 0.3) is 4.85 Å². The molecule has 1 rings (SSSR count). The molecule has 0 spiro atoms. The molecule has 1 nitrogen and oxygen atoms in total. The van der Waals surface area contributed by atoms with Gasteiger partial charge in [-0.3, -0.25) is 0 Å². The van der Waals surface area contributed by atoms with Crippen molar-refractivity contribution in [1.29, 1.82) is 0 Å². The van der Waals surface area contributed by atoms with Crippen molar-refractivity contribution in [2.45, 2.75) is 46.5 Å². The van der Waals surface area contributed by atoms with Gasteiger partial charge >= 0.3 is 0 Å². The van der Waals surface area contributed by atoms with Crippen LogP contribution < -0.4 is 0 Å². The van der Waals surface area contributed by atoms with Crippen LogP contribution in [0.5, 0.6) is 0 Å². The molecule has 0 fully saturated rings. The summed E-state index contributed by atoms with van der Waals surface area (Å²) in [5.74, 6) is 1.02. The lowest BCUT2D eigenvalue weighted by Crippen LogP contribution is -1.99. The van der Waals surface area contributed by atoms with E-state index in [1.165, 1.54) is 11.1 Å². The average Bonchev–Trinajstić information content (AvgIpc) is 2.16. The van der Waals surface area contributed by atoms with E-state index in [-0.39, 0.29) is 0 Å². The maximum Gasteiger partial charge on any atom is 0.190 e. The van der Waals surface area contributed by atoms with Crippen molar-refractivity contribution < 1.29 is 0 Å². The molecule has 0 aliphatic heterocycles. The van der Waals surface area contributed by atoms with E-state index >= 15 is 0 Å². The lowest BCUT2D eigenvalue weighted by molar-refractivity contribution is 0.789. The molecule has 0 aliphatic carbocycles. The van der Waals surface area contributed by atoms with E-state index in [0.717, 1.165) is 11.3 Å². The molecule has 0 heterocycles. The molecular formula is C14H19N. The molecule has 0 unspecified atom stereocenters. The van der Waals surface area contributed by atoms with E-state index in [9.17, 15) is 0 Å². The van der Waals surface area contributed by atoms with Gasteiger partial charge in [0.2, 0.25) is 0 Å². The smallest absolute Gasteiger partial charge is 0.190 e. The summed E-state index contributed by atoms with van der Waals surface area (Å²) in [4.78, 5) is 3.56. The molecule has 0 radical (unpaired) electrons. The molecule has 1 heteroatoms. The molecular weight excluding hydrogens is 182 g/mol. The Balaban J connectivity index is 3.40. The lowest BCUT2D eigenvalue weighted by atomic mass is 9.88. The van der Waals surface area contributed by atoms with E-state index < -0.39 is 0 Å². The Bertz CT molecular complexity index is 395. The molecule has 0 aromatic heterocycles. The van der Waals surface area contributed by atoms with E-state index in [4.69, 9.17) is 6.57 Å². The monoisotopic (exact) mass is 201 g/mol. The van der Waals surface area contributed by atoms with Gasteiger partial charge in [-0.2, -0.15) is 0 Å². The summed E-state index contributed by atoms with van der Waals surface area (Å²) in [5, 5.41) is 0. The van der Waals surface area contributed by atoms with Crippen LogP contribution >= 0.6 is 0 Å². The first kappa shape index (κ1) is 11.8. The second-order valence-electron chi connectivity index (χ2n) is 4.69. The third kappa shape index (κ3) is 2.39. The highest BCUT2D eigenvalue weighted by Crippen LogP contribution is 2.32. The van der Waals surface area contributed by atoms with Crippen LogP contribution in [0.2, 0.25) is 0 Å². The molecule has 0 saturated carbocycles. The predicted octanol–water partition coefficient (Wildman–Crippen LogP) is 4.79. The van der Waals surface area contributed by atoms with Crippen LogP contribution in [-0.2, 0) is 0 Å². The number of benzene rings is 1. The summed E-state index contributed by atoms with van der Waals surface area (Å²) in [6.45, 7) is 17.9. The zero-order valence-electron chi connectivity index (χ0n) is 10.3. The van der Waals surface area contributed by atoms with Gasteiger partial charge in [0.1, 0.15) is 0 Å². The van der Waals surface area contributed by atoms with Crippen LogP contribution in [0, 0.1) is 13.5 Å². The second kappa shape index (κ2) is 4.49. The third-order valence-electron chi connectivity index (χ3n) is 2.77. The minimum Gasteiger partial charge on any atom is -0.238 e. The van der Waals surface area contributed by atoms with Crippen molar-refractivity contribution in [1.82, 2.24) is 0 Å². The van der Waals surface area contributed by atoms with Crippen LogP contribution in [0.1, 0.15) is 56.2 Å². The molecule has 0 saturated heterocycles. The molecule has 1 aromatic rings. The Labute approximate surface area is 93.0 Å². The predicted molar refractivity (Wildman–Crippen MR) is 65.6 cm³/mol. The standard InChI is InChI=1S/C14H19N/c1-9(2)12-7-11(5)14(15-6)8-13(12)10(3)4/h7-10H,1-5H3. The van der Waals surface area contributed by atoms with Crippen molar-refractivity contribution in [3.63, 3.8) is 0 Å². The summed E-state index contributed by atoms with van der Waals surface area (Å²) >= 11 is 0. The largest absolute Gasteiger partial charge is 0.238 e. The number of hydrogen-bond donors (Lipinski definition) is 0. The van der Waals surface area contributed by atoms with Crippen LogP contribution in [0.15, 0.2) is 12.1 Å². The topological polar surface area (TPSA) is 4.36 Å². The van der Waals surface area contributed by atoms with Crippen LogP contribution in [0.4, 0.5) is 5.69 Å². The number of rotatable bonds is 2. The van der Waals surface area contributed by atoms with Gasteiger partial charge in [0.05, 0.1) is 6.57 Å². The van der Waals surface area contributed by atoms with Crippen molar-refractivity contribution in [2.24, 2.45) is 0 Å². The van der Waals surface area contributed by atoms with Crippen molar-refractivity contribution in [3.8, 4) is 0 Å². The second-order valence-corrected chi connectivity index (χ2v) is 4.69. The van der Waals surface area contributed by atoms with Gasteiger partial charge in [0.15, 0.2) is 5.69 Å². The van der Waals surface area contributed by atoms with Crippen molar-refractivity contribution in [2.75, 3.05) is 0 Å². The van der Waals surface area contributed by atoms with Gasteiger partial charge in [0.25, 0.3) is 0 Å². The maximum absolute atomic E-state index is 7.13. The van der Waals surface area contributed by atoms with Gasteiger partial charge < -0.3 is 0 Å². The molecule has 1 aromatic carbocycles. The highest BCUT2D eigenvalue weighted by Gasteiger charge is 2.12. The molecule has 0 bridgehead atoms. The van der Waals surface area contributed by atoms with Gasteiger partial charge in [-0.05, 0) is 29.9 Å². The van der Waals surface area contributed by atoms with E-state index in [1.807, 2.05) is 6.92 Å². The summed E-state index contributed by atoms with van der Waals surface area (Å²) in [6.07, 6.45) is 0. The highest BCUT2D eigenvalue weighted by atomic mass is 14.6. The van der Waals surface area contributed by atoms with Gasteiger partial charge in [-0.25, -0.2) is 4.85 Å². The molecule has 0 aliphatic rings. The number of aryl methyl sites for hydroxylation is 1. The Morgan fingerprint density at radius 1 is 1.00 bits per heavy atom. The minimum absolute atomic E-state index is 0.489. The first-order valence-corrected chi connectivity index (χ1v) is 5.49. The van der Waals surface area contributed by atoms with Gasteiger partial charge in [0, 0.05) is 0 Å². The average molecular weight is 201 g/mol. The number of nitrogens with zero attached hydrogens (tertiary/aromatic N) is 1. The van der Waals surface area contributed by atoms with Crippen molar-refractivity contribution >= 4 is 5.69 Å². The maximum atomic E-state index is 7.13. The van der Waals surface area contributed by atoms with E-state index in [0.29, 0.717) is 11.8 Å². The zero-order chi connectivity index (χ0) is 11.6. The third-order valence-corrected chi connectivity index (χ3v) is 2.77. The summed E-state index contributed by atoms with van der Waals surface area (Å²) in [5.41, 5.74) is 4.60. The highest BCUT2D eigenvalue weighted by molar-refractivity contribution is 5.57. The SMILES string of the molecule is [C-]#[N+]c1cc(C(C)C)c(C(C)C)cc1C. The molecule has 0 N–H and O–H groups in total. The normalized spacial score (nSPS) is 10.8. The Morgan fingerprint density at radius 3 is 1.87 bits per heavy atom. The van der Waals surface area contributed by atoms with Gasteiger partial charge in [-0.1, -0.05) is 45.4 Å². The van der Waals surface area contributed by atoms with Crippen LogP contribution in [-0.4, -0.2) is 0 Å². The van der Waals surface area contributed by atoms with E-state index in [1.54, 1.807) is 0 Å². The molecule has 80 valence electrons. The first-order valence-electron chi connectivity index (χ1n) is 5.49. The Kier molecular flexibility index (Phi) is 3.52. The zero-order valence-corrected chi connectivity index (χ0v) is 10.3. The number of hydrogen-bond acceptors (Lipinski definition) is 0.